The number of aromatic nitrogens is 2. The van der Waals surface area contributed by atoms with E-state index in [1.165, 1.54) is 12.1 Å². The molecule has 3 heterocycles. The summed E-state index contributed by atoms with van der Waals surface area (Å²) < 4.78 is 21.0. The zero-order valence-electron chi connectivity index (χ0n) is 20.9. The fourth-order valence-electron chi connectivity index (χ4n) is 4.69. The van der Waals surface area contributed by atoms with Crippen molar-refractivity contribution in [3.8, 4) is 11.4 Å². The highest BCUT2D eigenvalue weighted by Gasteiger charge is 2.41. The van der Waals surface area contributed by atoms with Crippen molar-refractivity contribution in [3.05, 3.63) is 108 Å². The van der Waals surface area contributed by atoms with Crippen LogP contribution in [0, 0.1) is 5.82 Å². The molecule has 5 rings (SSSR count). The molecule has 1 fully saturated rings. The van der Waals surface area contributed by atoms with Gasteiger partial charge in [0.2, 0.25) is 5.91 Å². The van der Waals surface area contributed by atoms with Gasteiger partial charge in [0.05, 0.1) is 24.4 Å². The van der Waals surface area contributed by atoms with Crippen LogP contribution in [0.3, 0.4) is 0 Å². The molecule has 7 nitrogen and oxygen atoms in total. The molecule has 2 aromatic carbocycles. The molecule has 0 aliphatic carbocycles. The summed E-state index contributed by atoms with van der Waals surface area (Å²) in [5, 5.41) is 6.81. The average molecular weight is 530 g/mol. The molecule has 38 heavy (non-hydrogen) atoms. The summed E-state index contributed by atoms with van der Waals surface area (Å²) >= 11 is 5.76. The molecule has 194 valence electrons. The van der Waals surface area contributed by atoms with Crippen LogP contribution in [0.15, 0.2) is 91.3 Å². The summed E-state index contributed by atoms with van der Waals surface area (Å²) in [6.45, 7) is 2.95. The van der Waals surface area contributed by atoms with Gasteiger partial charge in [0.1, 0.15) is 11.6 Å². The number of anilines is 1. The molecule has 0 radical (unpaired) electrons. The molecule has 2 atom stereocenters. The van der Waals surface area contributed by atoms with Crippen molar-refractivity contribution in [3.63, 3.8) is 0 Å². The molecule has 1 aliphatic heterocycles. The fraction of sp³-hybridized carbons (Fsp3) is 0.207. The van der Waals surface area contributed by atoms with Gasteiger partial charge in [-0.1, -0.05) is 6.07 Å². The zero-order chi connectivity index (χ0) is 26.5. The number of benzene rings is 2. The topological polar surface area (TPSA) is 71.4 Å². The lowest BCUT2D eigenvalue weighted by Gasteiger charge is -2.29. The Balaban J connectivity index is 1.42. The highest BCUT2D eigenvalue weighted by atomic mass is 32.1. The Morgan fingerprint density at radius 3 is 2.58 bits per heavy atom. The number of ether oxygens (including phenoxy) is 1. The Morgan fingerprint density at radius 2 is 1.87 bits per heavy atom. The van der Waals surface area contributed by atoms with Gasteiger partial charge in [0.15, 0.2) is 5.11 Å². The van der Waals surface area contributed by atoms with E-state index in [1.54, 1.807) is 18.3 Å². The summed E-state index contributed by atoms with van der Waals surface area (Å²) in [7, 11) is 0. The van der Waals surface area contributed by atoms with E-state index in [-0.39, 0.29) is 30.2 Å². The standard InChI is InChI=1S/C29H28FN5O2S/c1-2-37-23-14-12-22(13-15-23)34-18-5-7-25(34)28-27(24-6-3-4-17-31-24)33-29(38)35(28)19-16-26(36)32-21-10-8-20(30)9-11-21/h3-15,17-18,27-28H,2,16,19H2,1H3,(H,32,36)(H,33,38). The molecule has 1 aliphatic rings. The van der Waals surface area contributed by atoms with Crippen molar-refractivity contribution in [1.82, 2.24) is 19.8 Å². The van der Waals surface area contributed by atoms with Gasteiger partial charge in [-0.2, -0.15) is 0 Å². The van der Waals surface area contributed by atoms with E-state index in [2.05, 4.69) is 26.3 Å². The number of carbonyl (C=O) groups is 1. The number of halogens is 1. The quantitative estimate of drug-likeness (QED) is 0.283. The molecule has 0 saturated carbocycles. The Hall–Kier alpha value is -4.24. The van der Waals surface area contributed by atoms with Crippen molar-refractivity contribution in [2.45, 2.75) is 25.4 Å². The van der Waals surface area contributed by atoms with Crippen LogP contribution in [0.25, 0.3) is 5.69 Å². The number of hydrogen-bond acceptors (Lipinski definition) is 4. The van der Waals surface area contributed by atoms with Crippen molar-refractivity contribution >= 4 is 28.9 Å². The van der Waals surface area contributed by atoms with Gasteiger partial charge in [-0.25, -0.2) is 4.39 Å². The van der Waals surface area contributed by atoms with Crippen molar-refractivity contribution in [1.29, 1.82) is 0 Å². The Bertz CT molecular complexity index is 1390. The lowest BCUT2D eigenvalue weighted by atomic mass is 10.0. The monoisotopic (exact) mass is 529 g/mol. The predicted molar refractivity (Wildman–Crippen MR) is 149 cm³/mol. The number of thiocarbonyl (C=S) groups is 1. The average Bonchev–Trinajstić information content (AvgIpc) is 3.54. The second kappa shape index (κ2) is 11.4. The number of hydrogen-bond donors (Lipinski definition) is 2. The van der Waals surface area contributed by atoms with Crippen molar-refractivity contribution in [2.24, 2.45) is 0 Å². The maximum atomic E-state index is 13.2. The van der Waals surface area contributed by atoms with Crippen molar-refractivity contribution < 1.29 is 13.9 Å². The fourth-order valence-corrected chi connectivity index (χ4v) is 5.02. The number of pyridine rings is 1. The van der Waals surface area contributed by atoms with Gasteiger partial charge in [0, 0.05) is 42.4 Å². The molecule has 1 saturated heterocycles. The van der Waals surface area contributed by atoms with Crippen LogP contribution >= 0.6 is 12.2 Å². The molecule has 1 amide bonds. The highest BCUT2D eigenvalue weighted by molar-refractivity contribution is 7.80. The van der Waals surface area contributed by atoms with E-state index in [1.807, 2.05) is 66.6 Å². The summed E-state index contributed by atoms with van der Waals surface area (Å²) in [4.78, 5) is 19.4. The van der Waals surface area contributed by atoms with E-state index in [9.17, 15) is 9.18 Å². The lowest BCUT2D eigenvalue weighted by Crippen LogP contribution is -2.33. The van der Waals surface area contributed by atoms with Gasteiger partial charge in [0.25, 0.3) is 0 Å². The first-order valence-corrected chi connectivity index (χ1v) is 12.9. The Labute approximate surface area is 226 Å². The molecular formula is C29H28FN5O2S. The number of rotatable bonds is 9. The van der Waals surface area contributed by atoms with Crippen molar-refractivity contribution in [2.75, 3.05) is 18.5 Å². The van der Waals surface area contributed by atoms with Crippen LogP contribution in [-0.4, -0.2) is 38.6 Å². The molecule has 0 spiro atoms. The third-order valence-electron chi connectivity index (χ3n) is 6.41. The SMILES string of the molecule is CCOc1ccc(-n2cccc2C2C(c3ccccn3)NC(=S)N2CCC(=O)Nc2ccc(F)cc2)cc1. The van der Waals surface area contributed by atoms with Gasteiger partial charge in [-0.05, 0) is 91.9 Å². The predicted octanol–water partition coefficient (Wildman–Crippen LogP) is 5.41. The highest BCUT2D eigenvalue weighted by Crippen LogP contribution is 2.39. The molecular weight excluding hydrogens is 501 g/mol. The molecule has 9 heteroatoms. The number of carbonyl (C=O) groups excluding carboxylic acids is 1. The Kier molecular flexibility index (Phi) is 7.65. The van der Waals surface area contributed by atoms with E-state index < -0.39 is 0 Å². The van der Waals surface area contributed by atoms with E-state index >= 15 is 0 Å². The minimum absolute atomic E-state index is 0.179. The van der Waals surface area contributed by atoms with Gasteiger partial charge in [-0.3, -0.25) is 9.78 Å². The van der Waals surface area contributed by atoms with Crippen LogP contribution in [0.1, 0.15) is 36.8 Å². The lowest BCUT2D eigenvalue weighted by molar-refractivity contribution is -0.116. The van der Waals surface area contributed by atoms with Crippen LogP contribution in [-0.2, 0) is 4.79 Å². The largest absolute Gasteiger partial charge is 0.494 e. The number of nitrogens with zero attached hydrogens (tertiary/aromatic N) is 3. The minimum atomic E-state index is -0.351. The maximum Gasteiger partial charge on any atom is 0.226 e. The smallest absolute Gasteiger partial charge is 0.226 e. The molecule has 4 aromatic rings. The third kappa shape index (κ3) is 5.52. The van der Waals surface area contributed by atoms with Crippen LogP contribution in [0.2, 0.25) is 0 Å². The first-order valence-electron chi connectivity index (χ1n) is 12.5. The van der Waals surface area contributed by atoms with Gasteiger partial charge in [-0.15, -0.1) is 0 Å². The van der Waals surface area contributed by atoms with Crippen LogP contribution < -0.4 is 15.4 Å². The van der Waals surface area contributed by atoms with E-state index in [0.717, 1.165) is 22.8 Å². The summed E-state index contributed by atoms with van der Waals surface area (Å²) in [6, 6.07) is 23.1. The van der Waals surface area contributed by atoms with Gasteiger partial charge >= 0.3 is 0 Å². The second-order valence-electron chi connectivity index (χ2n) is 8.86. The van der Waals surface area contributed by atoms with E-state index in [4.69, 9.17) is 17.0 Å². The second-order valence-corrected chi connectivity index (χ2v) is 9.24. The molecule has 2 unspecified atom stereocenters. The first kappa shape index (κ1) is 25.4. The normalized spacial score (nSPS) is 16.8. The van der Waals surface area contributed by atoms with E-state index in [0.29, 0.717) is 24.0 Å². The molecule has 2 N–H and O–H groups in total. The minimum Gasteiger partial charge on any atom is -0.494 e. The summed E-state index contributed by atoms with van der Waals surface area (Å²) in [5.74, 6) is 0.283. The molecule has 0 bridgehead atoms. The first-order chi connectivity index (χ1) is 18.5. The van der Waals surface area contributed by atoms with Crippen LogP contribution in [0.4, 0.5) is 10.1 Å². The zero-order valence-corrected chi connectivity index (χ0v) is 21.7. The number of amides is 1. The van der Waals surface area contributed by atoms with Gasteiger partial charge < -0.3 is 24.8 Å². The maximum absolute atomic E-state index is 13.2. The third-order valence-corrected chi connectivity index (χ3v) is 6.77. The number of nitrogens with one attached hydrogen (secondary N) is 2. The summed E-state index contributed by atoms with van der Waals surface area (Å²) in [5.41, 5.74) is 3.40. The Morgan fingerprint density at radius 1 is 1.08 bits per heavy atom. The molecule has 2 aromatic heterocycles. The summed E-state index contributed by atoms with van der Waals surface area (Å²) in [6.07, 6.45) is 3.98. The van der Waals surface area contributed by atoms with Crippen LogP contribution in [0.5, 0.6) is 5.75 Å².